The van der Waals surface area contributed by atoms with Crippen molar-refractivity contribution in [1.29, 1.82) is 5.41 Å². The number of amides is 1. The van der Waals surface area contributed by atoms with E-state index in [2.05, 4.69) is 13.8 Å². The minimum absolute atomic E-state index is 0.0408. The molecular formula is C14H27N3O2. The van der Waals surface area contributed by atoms with Crippen LogP contribution >= 0.6 is 0 Å². The summed E-state index contributed by atoms with van der Waals surface area (Å²) in [5.74, 6) is 0.576. The Hall–Kier alpha value is -1.26. The van der Waals surface area contributed by atoms with Crippen LogP contribution in [0.25, 0.3) is 0 Å². The SMILES string of the molecule is CC(C)(C)OC(=O)N1CCC(CC(=N)N)C(C)(C)C1. The zero-order valence-corrected chi connectivity index (χ0v) is 12.7. The van der Waals surface area contributed by atoms with Crippen molar-refractivity contribution >= 4 is 11.9 Å². The first-order valence-electron chi connectivity index (χ1n) is 6.82. The average Bonchev–Trinajstić information content (AvgIpc) is 2.17. The number of rotatable bonds is 2. The summed E-state index contributed by atoms with van der Waals surface area (Å²) in [4.78, 5) is 13.8. The van der Waals surface area contributed by atoms with E-state index in [0.29, 0.717) is 25.4 Å². The second-order valence-electron chi connectivity index (χ2n) is 7.11. The minimum Gasteiger partial charge on any atom is -0.444 e. The van der Waals surface area contributed by atoms with Gasteiger partial charge in [0.25, 0.3) is 0 Å². The van der Waals surface area contributed by atoms with E-state index < -0.39 is 5.60 Å². The van der Waals surface area contributed by atoms with Crippen molar-refractivity contribution in [2.24, 2.45) is 17.1 Å². The maximum Gasteiger partial charge on any atom is 0.410 e. The van der Waals surface area contributed by atoms with Gasteiger partial charge in [0.2, 0.25) is 0 Å². The number of nitrogens with two attached hydrogens (primary N) is 1. The summed E-state index contributed by atoms with van der Waals surface area (Å²) in [6.45, 7) is 11.2. The first-order chi connectivity index (χ1) is 8.51. The number of nitrogens with one attached hydrogen (secondary N) is 1. The molecule has 5 heteroatoms. The van der Waals surface area contributed by atoms with Gasteiger partial charge in [-0.3, -0.25) is 5.41 Å². The van der Waals surface area contributed by atoms with E-state index in [9.17, 15) is 4.79 Å². The Labute approximate surface area is 116 Å². The van der Waals surface area contributed by atoms with Crippen molar-refractivity contribution in [2.45, 2.75) is 53.1 Å². The number of nitrogens with zero attached hydrogens (tertiary/aromatic N) is 1. The Bertz CT molecular complexity index is 358. The van der Waals surface area contributed by atoms with Gasteiger partial charge < -0.3 is 15.4 Å². The van der Waals surface area contributed by atoms with Crippen molar-refractivity contribution in [3.63, 3.8) is 0 Å². The molecule has 1 rings (SSSR count). The molecule has 1 amide bonds. The fourth-order valence-electron chi connectivity index (χ4n) is 2.53. The lowest BCUT2D eigenvalue weighted by Gasteiger charge is -2.44. The van der Waals surface area contributed by atoms with Gasteiger partial charge in [-0.1, -0.05) is 13.8 Å². The van der Waals surface area contributed by atoms with Gasteiger partial charge in [0, 0.05) is 19.5 Å². The maximum atomic E-state index is 12.1. The molecule has 0 spiro atoms. The maximum absolute atomic E-state index is 12.1. The molecule has 0 bridgehead atoms. The van der Waals surface area contributed by atoms with Crippen LogP contribution in [-0.2, 0) is 4.74 Å². The Balaban J connectivity index is 2.65. The highest BCUT2D eigenvalue weighted by Gasteiger charge is 2.38. The van der Waals surface area contributed by atoms with Crippen LogP contribution < -0.4 is 5.73 Å². The van der Waals surface area contributed by atoms with Crippen LogP contribution in [0, 0.1) is 16.7 Å². The van der Waals surface area contributed by atoms with Gasteiger partial charge >= 0.3 is 6.09 Å². The zero-order chi connectivity index (χ0) is 14.8. The molecule has 5 nitrogen and oxygen atoms in total. The Kier molecular flexibility index (Phi) is 4.48. The average molecular weight is 269 g/mol. The lowest BCUT2D eigenvalue weighted by Crippen LogP contribution is -2.50. The highest BCUT2D eigenvalue weighted by molar-refractivity contribution is 5.77. The molecule has 1 heterocycles. The van der Waals surface area contributed by atoms with Gasteiger partial charge in [-0.05, 0) is 38.5 Å². The van der Waals surface area contributed by atoms with Crippen LogP contribution in [0.5, 0.6) is 0 Å². The minimum atomic E-state index is -0.461. The molecule has 0 aromatic rings. The number of ether oxygens (including phenoxy) is 1. The lowest BCUT2D eigenvalue weighted by molar-refractivity contribution is -0.00316. The lowest BCUT2D eigenvalue weighted by atomic mass is 9.72. The highest BCUT2D eigenvalue weighted by atomic mass is 16.6. The van der Waals surface area contributed by atoms with E-state index in [1.54, 1.807) is 4.90 Å². The molecule has 1 unspecified atom stereocenters. The van der Waals surface area contributed by atoms with Crippen LogP contribution in [0.4, 0.5) is 4.79 Å². The van der Waals surface area contributed by atoms with E-state index >= 15 is 0 Å². The summed E-state index contributed by atoms with van der Waals surface area (Å²) in [6.07, 6.45) is 1.22. The van der Waals surface area contributed by atoms with Gasteiger partial charge in [-0.2, -0.15) is 0 Å². The summed E-state index contributed by atoms with van der Waals surface area (Å²) in [7, 11) is 0. The first kappa shape index (κ1) is 15.8. The molecule has 1 aliphatic heterocycles. The summed E-state index contributed by atoms with van der Waals surface area (Å²) >= 11 is 0. The molecule has 1 saturated heterocycles. The van der Waals surface area contributed by atoms with Gasteiger partial charge in [0.05, 0.1) is 5.84 Å². The number of likely N-dealkylation sites (tertiary alicyclic amines) is 1. The smallest absolute Gasteiger partial charge is 0.410 e. The van der Waals surface area contributed by atoms with Crippen molar-refractivity contribution in [3.05, 3.63) is 0 Å². The van der Waals surface area contributed by atoms with Gasteiger partial charge in [-0.25, -0.2) is 4.79 Å². The molecule has 110 valence electrons. The molecule has 0 aromatic carbocycles. The second kappa shape index (κ2) is 5.39. The third-order valence-corrected chi connectivity index (χ3v) is 3.57. The first-order valence-corrected chi connectivity index (χ1v) is 6.82. The number of hydrogen-bond donors (Lipinski definition) is 2. The normalized spacial score (nSPS) is 23.0. The molecule has 1 atom stereocenters. The van der Waals surface area contributed by atoms with Crippen LogP contribution in [0.3, 0.4) is 0 Å². The van der Waals surface area contributed by atoms with Gasteiger partial charge in [0.15, 0.2) is 0 Å². The fourth-order valence-corrected chi connectivity index (χ4v) is 2.53. The summed E-state index contributed by atoms with van der Waals surface area (Å²) in [5.41, 5.74) is 5.00. The molecule has 1 fully saturated rings. The third-order valence-electron chi connectivity index (χ3n) is 3.57. The summed E-state index contributed by atoms with van der Waals surface area (Å²) in [6, 6.07) is 0. The Morgan fingerprint density at radius 1 is 1.47 bits per heavy atom. The van der Waals surface area contributed by atoms with Crippen LogP contribution in [-0.4, -0.2) is 35.5 Å². The summed E-state index contributed by atoms with van der Waals surface area (Å²) < 4.78 is 5.41. The van der Waals surface area contributed by atoms with E-state index in [-0.39, 0.29) is 17.3 Å². The predicted octanol–water partition coefficient (Wildman–Crippen LogP) is 2.60. The van der Waals surface area contributed by atoms with E-state index in [1.165, 1.54) is 0 Å². The highest BCUT2D eigenvalue weighted by Crippen LogP contribution is 2.37. The molecule has 0 aromatic heterocycles. The number of carbonyl (C=O) groups excluding carboxylic acids is 1. The fraction of sp³-hybridized carbons (Fsp3) is 0.857. The van der Waals surface area contributed by atoms with Gasteiger partial charge in [-0.15, -0.1) is 0 Å². The number of piperidine rings is 1. The molecule has 0 radical (unpaired) electrons. The number of carbonyl (C=O) groups is 1. The van der Waals surface area contributed by atoms with E-state index in [0.717, 1.165) is 6.42 Å². The second-order valence-corrected chi connectivity index (χ2v) is 7.11. The molecule has 0 aliphatic carbocycles. The topological polar surface area (TPSA) is 79.4 Å². The zero-order valence-electron chi connectivity index (χ0n) is 12.7. The van der Waals surface area contributed by atoms with Crippen LogP contribution in [0.15, 0.2) is 0 Å². The van der Waals surface area contributed by atoms with Crippen molar-refractivity contribution in [3.8, 4) is 0 Å². The van der Waals surface area contributed by atoms with E-state index in [1.807, 2.05) is 20.8 Å². The Morgan fingerprint density at radius 2 is 2.05 bits per heavy atom. The predicted molar refractivity (Wildman–Crippen MR) is 76.2 cm³/mol. The quantitative estimate of drug-likeness (QED) is 0.597. The van der Waals surface area contributed by atoms with Crippen molar-refractivity contribution < 1.29 is 9.53 Å². The number of amidine groups is 1. The summed E-state index contributed by atoms with van der Waals surface area (Å²) in [5, 5.41) is 7.43. The molecular weight excluding hydrogens is 242 g/mol. The van der Waals surface area contributed by atoms with Crippen LogP contribution in [0.1, 0.15) is 47.5 Å². The number of hydrogen-bond acceptors (Lipinski definition) is 3. The molecule has 3 N–H and O–H groups in total. The standard InChI is InChI=1S/C14H27N3O2/c1-13(2,3)19-12(18)17-7-6-10(8-11(15)16)14(4,5)9-17/h10H,6-9H2,1-5H3,(H3,15,16). The molecule has 19 heavy (non-hydrogen) atoms. The van der Waals surface area contributed by atoms with Crippen molar-refractivity contribution in [1.82, 2.24) is 4.90 Å². The third kappa shape index (κ3) is 4.73. The van der Waals surface area contributed by atoms with Crippen LogP contribution in [0.2, 0.25) is 0 Å². The molecule has 1 aliphatic rings. The van der Waals surface area contributed by atoms with Gasteiger partial charge in [0.1, 0.15) is 5.60 Å². The molecule has 0 saturated carbocycles. The van der Waals surface area contributed by atoms with E-state index in [4.69, 9.17) is 15.9 Å². The van der Waals surface area contributed by atoms with Crippen molar-refractivity contribution in [2.75, 3.05) is 13.1 Å². The largest absolute Gasteiger partial charge is 0.444 e. The Morgan fingerprint density at radius 3 is 2.47 bits per heavy atom. The monoisotopic (exact) mass is 269 g/mol.